The minimum Gasteiger partial charge on any atom is -0.395 e. The molecule has 126 valence electrons. The van der Waals surface area contributed by atoms with Gasteiger partial charge in [-0.1, -0.05) is 12.5 Å². The van der Waals surface area contributed by atoms with Gasteiger partial charge in [-0.3, -0.25) is 9.59 Å². The van der Waals surface area contributed by atoms with Crippen molar-refractivity contribution in [1.29, 1.82) is 0 Å². The lowest BCUT2D eigenvalue weighted by Gasteiger charge is -2.57. The van der Waals surface area contributed by atoms with Gasteiger partial charge in [-0.25, -0.2) is 0 Å². The molecule has 0 aromatic carbocycles. The first-order chi connectivity index (χ1) is 12.4. The molecule has 0 saturated heterocycles. The largest absolute Gasteiger partial charge is 0.395 e. The van der Waals surface area contributed by atoms with E-state index in [2.05, 4.69) is 0 Å². The molecule has 4 heteroatoms. The zero-order chi connectivity index (χ0) is 20.0. The van der Waals surface area contributed by atoms with Crippen LogP contribution in [0.3, 0.4) is 0 Å². The summed E-state index contributed by atoms with van der Waals surface area (Å²) in [6.45, 7) is 1.47. The Bertz CT molecular complexity index is 748. The lowest BCUT2D eigenvalue weighted by atomic mass is 9.47. The zero-order valence-electron chi connectivity index (χ0n) is 17.3. The zero-order valence-corrected chi connectivity index (χ0v) is 13.3. The van der Waals surface area contributed by atoms with Crippen molar-refractivity contribution in [2.75, 3.05) is 6.61 Å². The maximum atomic E-state index is 12.7. The second-order valence-electron chi connectivity index (χ2n) is 7.85. The molecule has 2 N–H and O–H groups in total. The predicted octanol–water partition coefficient (Wildman–Crippen LogP) is 2.03. The van der Waals surface area contributed by atoms with E-state index in [0.29, 0.717) is 18.4 Å². The summed E-state index contributed by atoms with van der Waals surface area (Å²) in [7, 11) is 0. The number of carbonyl (C=O) groups is 2. The second kappa shape index (κ2) is 5.00. The maximum absolute atomic E-state index is 12.7. The van der Waals surface area contributed by atoms with Gasteiger partial charge in [0.1, 0.15) is 6.08 Å². The fourth-order valence-electron chi connectivity index (χ4n) is 5.58. The average molecular weight is 322 g/mol. The predicted molar refractivity (Wildman–Crippen MR) is 84.5 cm³/mol. The number of aliphatic hydroxyl groups excluding tert-OH is 1. The first kappa shape index (κ1) is 11.5. The number of carbonyl (C=O) groups excluding carboxylic acids is 2. The van der Waals surface area contributed by atoms with Gasteiger partial charge in [-0.05, 0) is 62.3 Å². The monoisotopic (exact) mass is 322 g/mol. The minimum absolute atomic E-state index is 0.0234. The number of ketones is 2. The third kappa shape index (κ3) is 1.91. The van der Waals surface area contributed by atoms with Gasteiger partial charge in [0.2, 0.25) is 0 Å². The van der Waals surface area contributed by atoms with Crippen molar-refractivity contribution in [3.8, 4) is 0 Å². The summed E-state index contributed by atoms with van der Waals surface area (Å²) in [6.07, 6.45) is -2.61. The van der Waals surface area contributed by atoms with Crippen LogP contribution < -0.4 is 0 Å². The molecule has 4 nitrogen and oxygen atoms in total. The fourth-order valence-corrected chi connectivity index (χ4v) is 5.58. The van der Waals surface area contributed by atoms with E-state index >= 15 is 0 Å². The normalized spacial score (nSPS) is 60.4. The van der Waals surface area contributed by atoms with Gasteiger partial charge in [-0.2, -0.15) is 0 Å². The Labute approximate surface area is 142 Å². The molecule has 0 unspecified atom stereocenters. The van der Waals surface area contributed by atoms with Gasteiger partial charge >= 0.3 is 0 Å². The van der Waals surface area contributed by atoms with Crippen molar-refractivity contribution in [3.05, 3.63) is 11.6 Å². The highest BCUT2D eigenvalue weighted by molar-refractivity contribution is 5.92. The number of aliphatic hydroxyl groups is 2. The molecule has 0 aromatic heterocycles. The molecule has 0 radical (unpaired) electrons. The molecule has 0 spiro atoms. The molecule has 0 aromatic rings. The molecule has 3 fully saturated rings. The smallest absolute Gasteiger partial charge is 0.167 e. The minimum atomic E-state index is -2.20. The van der Waals surface area contributed by atoms with Crippen LogP contribution in [-0.2, 0) is 9.59 Å². The lowest BCUT2D eigenvalue weighted by molar-refractivity contribution is -0.138. The van der Waals surface area contributed by atoms with Gasteiger partial charge < -0.3 is 10.2 Å². The van der Waals surface area contributed by atoms with Crippen molar-refractivity contribution in [2.24, 2.45) is 28.6 Å². The van der Waals surface area contributed by atoms with Gasteiger partial charge in [0.05, 0.1) is 7.98 Å². The molecule has 0 amide bonds. The summed E-state index contributed by atoms with van der Waals surface area (Å²) in [5, 5.41) is 20.6. The molecular weight excluding hydrogens is 292 g/mol. The van der Waals surface area contributed by atoms with E-state index in [1.54, 1.807) is 6.92 Å². The Morgan fingerprint density at radius 3 is 2.91 bits per heavy atom. The van der Waals surface area contributed by atoms with Crippen LogP contribution in [0.15, 0.2) is 11.6 Å². The van der Waals surface area contributed by atoms with Crippen molar-refractivity contribution in [2.45, 2.75) is 57.9 Å². The molecule has 0 aliphatic heterocycles. The third-order valence-electron chi connectivity index (χ3n) is 7.00. The average Bonchev–Trinajstić information content (AvgIpc) is 2.75. The van der Waals surface area contributed by atoms with Crippen LogP contribution in [0.5, 0.6) is 0 Å². The Morgan fingerprint density at radius 2 is 2.17 bits per heavy atom. The van der Waals surface area contributed by atoms with E-state index in [0.717, 1.165) is 0 Å². The molecule has 3 saturated carbocycles. The maximum Gasteiger partial charge on any atom is 0.167 e. The molecule has 23 heavy (non-hydrogen) atoms. The van der Waals surface area contributed by atoms with Gasteiger partial charge in [-0.15, -0.1) is 0 Å². The molecule has 0 bridgehead atoms. The van der Waals surface area contributed by atoms with E-state index in [1.165, 1.54) is 6.08 Å². The van der Waals surface area contributed by atoms with Gasteiger partial charge in [0, 0.05) is 21.3 Å². The molecule has 4 aliphatic rings. The SMILES string of the molecule is [2H][C@H]1C[C@@]2(CO)C(=CC1=O)CC([2H])([2H])[C@@H]1[C@@H]2CC[C@]2(C)C(=O)[C@]([2H])(O)C[C@@H]12. The fraction of sp³-hybridized carbons (Fsp3) is 0.789. The van der Waals surface area contributed by atoms with Crippen LogP contribution >= 0.6 is 0 Å². The number of rotatable bonds is 1. The van der Waals surface area contributed by atoms with E-state index in [4.69, 9.17) is 5.48 Å². The van der Waals surface area contributed by atoms with Crippen molar-refractivity contribution in [1.82, 2.24) is 0 Å². The summed E-state index contributed by atoms with van der Waals surface area (Å²) >= 11 is 0. The standard InChI is InChI=1S/C19H26O4/c1-18-6-5-14-13(15(18)9-16(22)17(18)23)3-2-11-8-12(21)4-7-19(11,14)10-20/h8,13-16,20,22H,2-7,9-10H2,1H3/t13-,14+,15+,16-,18+,19-/m1/s1/i3D2,4D,16D/t4-,13+,14-,15-,16+,18-,19+/m0. The summed E-state index contributed by atoms with van der Waals surface area (Å²) in [5.74, 6) is -2.30. The van der Waals surface area contributed by atoms with Crippen LogP contribution in [0.2, 0.25) is 0 Å². The Hall–Kier alpha value is -1.00. The topological polar surface area (TPSA) is 74.6 Å². The summed E-state index contributed by atoms with van der Waals surface area (Å²) in [4.78, 5) is 24.8. The summed E-state index contributed by atoms with van der Waals surface area (Å²) < 4.78 is 33.6. The van der Waals surface area contributed by atoms with Crippen LogP contribution in [0, 0.1) is 28.6 Å². The van der Waals surface area contributed by atoms with E-state index < -0.39 is 47.3 Å². The van der Waals surface area contributed by atoms with Crippen LogP contribution in [0.1, 0.15) is 57.3 Å². The molecule has 4 rings (SSSR count). The summed E-state index contributed by atoms with van der Waals surface area (Å²) in [6, 6.07) is 0. The van der Waals surface area contributed by atoms with E-state index in [9.17, 15) is 19.8 Å². The Morgan fingerprint density at radius 1 is 1.39 bits per heavy atom. The first-order valence-corrected chi connectivity index (χ1v) is 8.44. The first-order valence-electron chi connectivity index (χ1n) is 10.5. The Balaban J connectivity index is 1.85. The number of hydrogen-bond donors (Lipinski definition) is 2. The third-order valence-corrected chi connectivity index (χ3v) is 7.00. The number of Topliss-reactive ketones (excluding diaryl/α,β-unsaturated/α-hetero) is 1. The number of fused-ring (bicyclic) bond motifs is 5. The van der Waals surface area contributed by atoms with Gasteiger partial charge in [0.15, 0.2) is 11.6 Å². The quantitative estimate of drug-likeness (QED) is 0.774. The highest BCUT2D eigenvalue weighted by Crippen LogP contribution is 2.64. The van der Waals surface area contributed by atoms with Crippen molar-refractivity contribution < 1.29 is 25.3 Å². The Kier molecular flexibility index (Phi) is 2.51. The van der Waals surface area contributed by atoms with Gasteiger partial charge in [0.25, 0.3) is 0 Å². The van der Waals surface area contributed by atoms with E-state index in [-0.39, 0.29) is 37.6 Å². The lowest BCUT2D eigenvalue weighted by Crippen LogP contribution is -2.53. The molecule has 4 aliphatic carbocycles. The van der Waals surface area contributed by atoms with Crippen LogP contribution in [-0.4, -0.2) is 34.5 Å². The molecule has 0 heterocycles. The molecule has 7 atom stereocenters. The highest BCUT2D eigenvalue weighted by atomic mass is 16.3. The van der Waals surface area contributed by atoms with Crippen LogP contribution in [0.4, 0.5) is 0 Å². The molecular formula is C19H26O4. The summed E-state index contributed by atoms with van der Waals surface area (Å²) in [5.41, 5.74) is -1.20. The number of hydrogen-bond acceptors (Lipinski definition) is 4. The second-order valence-corrected chi connectivity index (χ2v) is 7.85. The van der Waals surface area contributed by atoms with Crippen molar-refractivity contribution in [3.63, 3.8) is 0 Å². The van der Waals surface area contributed by atoms with E-state index in [1.807, 2.05) is 0 Å². The van der Waals surface area contributed by atoms with Crippen LogP contribution in [0.25, 0.3) is 0 Å². The highest BCUT2D eigenvalue weighted by Gasteiger charge is 2.62. The van der Waals surface area contributed by atoms with Crippen molar-refractivity contribution >= 4 is 11.6 Å².